The van der Waals surface area contributed by atoms with Crippen molar-refractivity contribution in [3.8, 4) is 17.6 Å². The van der Waals surface area contributed by atoms with Gasteiger partial charge in [-0.2, -0.15) is 0 Å². The van der Waals surface area contributed by atoms with Gasteiger partial charge >= 0.3 is 0 Å². The standard InChI is InChI=1S/C16H20BrNO2/c1-2-3-4-5-6-7-8-11-20-18-13-14-12-15(17)9-10-16(14)19/h9-10,12-13,19H,2-4,7-8,11H2,1H3/b18-13+. The molecule has 0 heterocycles. The Morgan fingerprint density at radius 1 is 1.30 bits per heavy atom. The van der Waals surface area contributed by atoms with Gasteiger partial charge in [-0.05, 0) is 31.0 Å². The first kappa shape index (κ1) is 16.6. The number of benzene rings is 1. The molecular weight excluding hydrogens is 318 g/mol. The Morgan fingerprint density at radius 3 is 2.80 bits per heavy atom. The van der Waals surface area contributed by atoms with Gasteiger partial charge in [0.25, 0.3) is 0 Å². The second kappa shape index (κ2) is 10.3. The zero-order valence-electron chi connectivity index (χ0n) is 11.7. The summed E-state index contributed by atoms with van der Waals surface area (Å²) in [5.41, 5.74) is 0.624. The third-order valence-electron chi connectivity index (χ3n) is 2.57. The minimum absolute atomic E-state index is 0.183. The summed E-state index contributed by atoms with van der Waals surface area (Å²) in [5, 5.41) is 13.4. The number of halogens is 1. The van der Waals surface area contributed by atoms with E-state index in [0.717, 1.165) is 23.7 Å². The van der Waals surface area contributed by atoms with E-state index in [1.54, 1.807) is 18.2 Å². The summed E-state index contributed by atoms with van der Waals surface area (Å²) >= 11 is 3.34. The van der Waals surface area contributed by atoms with Gasteiger partial charge in [-0.15, -0.1) is 11.8 Å². The number of hydrogen-bond donors (Lipinski definition) is 1. The Kier molecular flexibility index (Phi) is 8.57. The first-order valence-electron chi connectivity index (χ1n) is 6.83. The van der Waals surface area contributed by atoms with Crippen LogP contribution in [0.3, 0.4) is 0 Å². The van der Waals surface area contributed by atoms with Gasteiger partial charge in [-0.3, -0.25) is 0 Å². The molecular formula is C16H20BrNO2. The van der Waals surface area contributed by atoms with Gasteiger partial charge in [0, 0.05) is 22.9 Å². The molecule has 0 aliphatic rings. The third kappa shape index (κ3) is 7.20. The van der Waals surface area contributed by atoms with Crippen LogP contribution < -0.4 is 0 Å². The number of oxime groups is 1. The highest BCUT2D eigenvalue weighted by molar-refractivity contribution is 9.10. The highest BCUT2D eigenvalue weighted by Gasteiger charge is 1.98. The van der Waals surface area contributed by atoms with E-state index in [4.69, 9.17) is 4.84 Å². The van der Waals surface area contributed by atoms with Crippen molar-refractivity contribution in [2.45, 2.75) is 39.0 Å². The fourth-order valence-electron chi connectivity index (χ4n) is 1.44. The first-order chi connectivity index (χ1) is 9.74. The van der Waals surface area contributed by atoms with Gasteiger partial charge in [0.1, 0.15) is 12.4 Å². The van der Waals surface area contributed by atoms with E-state index in [1.807, 2.05) is 0 Å². The molecule has 0 radical (unpaired) electrons. The fourth-order valence-corrected chi connectivity index (χ4v) is 1.82. The van der Waals surface area contributed by atoms with Crippen molar-refractivity contribution >= 4 is 22.1 Å². The Morgan fingerprint density at radius 2 is 2.05 bits per heavy atom. The predicted octanol–water partition coefficient (Wildman–Crippen LogP) is 4.48. The molecule has 0 atom stereocenters. The van der Waals surface area contributed by atoms with Gasteiger partial charge in [0.2, 0.25) is 0 Å². The molecule has 0 aliphatic carbocycles. The Balaban J connectivity index is 2.18. The van der Waals surface area contributed by atoms with E-state index >= 15 is 0 Å². The van der Waals surface area contributed by atoms with Crippen LogP contribution in [0.4, 0.5) is 0 Å². The second-order valence-corrected chi connectivity index (χ2v) is 5.25. The fraction of sp³-hybridized carbons (Fsp3) is 0.438. The minimum Gasteiger partial charge on any atom is -0.507 e. The first-order valence-corrected chi connectivity index (χ1v) is 7.63. The maximum Gasteiger partial charge on any atom is 0.124 e. The molecule has 4 heteroatoms. The Hall–Kier alpha value is -1.47. The molecule has 3 nitrogen and oxygen atoms in total. The highest BCUT2D eigenvalue weighted by Crippen LogP contribution is 2.19. The van der Waals surface area contributed by atoms with E-state index in [2.05, 4.69) is 39.9 Å². The molecule has 0 unspecified atom stereocenters. The summed E-state index contributed by atoms with van der Waals surface area (Å²) in [6.45, 7) is 2.70. The Labute approximate surface area is 129 Å². The number of unbranched alkanes of at least 4 members (excludes halogenated alkanes) is 3. The normalized spacial score (nSPS) is 10.3. The highest BCUT2D eigenvalue weighted by atomic mass is 79.9. The van der Waals surface area contributed by atoms with Crippen LogP contribution in [0.2, 0.25) is 0 Å². The van der Waals surface area contributed by atoms with Crippen LogP contribution in [0.15, 0.2) is 27.8 Å². The van der Waals surface area contributed by atoms with Gasteiger partial charge in [-0.1, -0.05) is 34.4 Å². The van der Waals surface area contributed by atoms with Gasteiger partial charge in [0.15, 0.2) is 0 Å². The van der Waals surface area contributed by atoms with Crippen LogP contribution in [0, 0.1) is 11.8 Å². The number of rotatable bonds is 7. The van der Waals surface area contributed by atoms with Gasteiger partial charge < -0.3 is 9.94 Å². The number of hydrogen-bond acceptors (Lipinski definition) is 3. The van der Waals surface area contributed by atoms with Crippen molar-refractivity contribution in [1.29, 1.82) is 0 Å². The third-order valence-corrected chi connectivity index (χ3v) is 3.07. The quantitative estimate of drug-likeness (QED) is 0.345. The van der Waals surface area contributed by atoms with Crippen LogP contribution >= 0.6 is 15.9 Å². The molecule has 108 valence electrons. The summed E-state index contributed by atoms with van der Waals surface area (Å²) < 4.78 is 0.888. The number of phenols is 1. The van der Waals surface area contributed by atoms with E-state index in [1.165, 1.54) is 19.1 Å². The van der Waals surface area contributed by atoms with Crippen molar-refractivity contribution in [2.24, 2.45) is 5.16 Å². The molecule has 0 bridgehead atoms. The summed E-state index contributed by atoms with van der Waals surface area (Å²) in [6.07, 6.45) is 6.55. The number of phenolic OH excluding ortho intramolecular Hbond substituents is 1. The molecule has 0 saturated heterocycles. The van der Waals surface area contributed by atoms with Gasteiger partial charge in [-0.25, -0.2) is 0 Å². The monoisotopic (exact) mass is 337 g/mol. The van der Waals surface area contributed by atoms with Crippen molar-refractivity contribution in [1.82, 2.24) is 0 Å². The second-order valence-electron chi connectivity index (χ2n) is 4.33. The zero-order chi connectivity index (χ0) is 14.6. The Bertz CT molecular complexity index is 489. The summed E-state index contributed by atoms with van der Waals surface area (Å²) in [5.74, 6) is 6.43. The molecule has 1 rings (SSSR count). The largest absolute Gasteiger partial charge is 0.507 e. The lowest BCUT2D eigenvalue weighted by Gasteiger charge is -1.99. The smallest absolute Gasteiger partial charge is 0.124 e. The van der Waals surface area contributed by atoms with Crippen LogP contribution in [0.1, 0.15) is 44.6 Å². The summed E-state index contributed by atoms with van der Waals surface area (Å²) in [7, 11) is 0. The molecule has 0 aliphatic heterocycles. The molecule has 1 N–H and O–H groups in total. The molecule has 0 amide bonds. The average Bonchev–Trinajstić information content (AvgIpc) is 2.44. The van der Waals surface area contributed by atoms with Crippen LogP contribution in [0.25, 0.3) is 0 Å². The molecule has 1 aromatic rings. The molecule has 0 aromatic heterocycles. The van der Waals surface area contributed by atoms with Crippen LogP contribution in [-0.2, 0) is 4.84 Å². The van der Waals surface area contributed by atoms with Crippen molar-refractivity contribution in [3.63, 3.8) is 0 Å². The maximum absolute atomic E-state index is 9.59. The topological polar surface area (TPSA) is 41.8 Å². The van der Waals surface area contributed by atoms with Crippen LogP contribution in [-0.4, -0.2) is 17.9 Å². The zero-order valence-corrected chi connectivity index (χ0v) is 13.3. The molecule has 1 aromatic carbocycles. The summed E-state index contributed by atoms with van der Waals surface area (Å²) in [6, 6.07) is 5.16. The lowest BCUT2D eigenvalue weighted by molar-refractivity contribution is 0.144. The number of nitrogens with zero attached hydrogens (tertiary/aromatic N) is 1. The maximum atomic E-state index is 9.59. The lowest BCUT2D eigenvalue weighted by Crippen LogP contribution is -1.89. The molecule has 0 spiro atoms. The van der Waals surface area contributed by atoms with Crippen LogP contribution in [0.5, 0.6) is 5.75 Å². The van der Waals surface area contributed by atoms with E-state index < -0.39 is 0 Å². The number of aromatic hydroxyl groups is 1. The van der Waals surface area contributed by atoms with Crippen molar-refractivity contribution in [2.75, 3.05) is 6.61 Å². The van der Waals surface area contributed by atoms with Gasteiger partial charge in [0.05, 0.1) is 6.21 Å². The van der Waals surface area contributed by atoms with Crippen molar-refractivity contribution in [3.05, 3.63) is 28.2 Å². The SMILES string of the molecule is CCCCC#CCCCO/N=C/c1cc(Br)ccc1O. The predicted molar refractivity (Wildman–Crippen MR) is 85.9 cm³/mol. The molecule has 0 saturated carbocycles. The van der Waals surface area contributed by atoms with E-state index in [9.17, 15) is 5.11 Å². The summed E-state index contributed by atoms with van der Waals surface area (Å²) in [4.78, 5) is 5.14. The average molecular weight is 338 g/mol. The van der Waals surface area contributed by atoms with E-state index in [-0.39, 0.29) is 5.75 Å². The van der Waals surface area contributed by atoms with E-state index in [0.29, 0.717) is 12.2 Å². The molecule has 20 heavy (non-hydrogen) atoms. The lowest BCUT2D eigenvalue weighted by atomic mass is 10.2. The van der Waals surface area contributed by atoms with Crippen molar-refractivity contribution < 1.29 is 9.94 Å². The minimum atomic E-state index is 0.183. The molecule has 0 fully saturated rings.